The molecule has 0 spiro atoms. The van der Waals surface area contributed by atoms with E-state index in [1.807, 2.05) is 0 Å². The van der Waals surface area contributed by atoms with Gasteiger partial charge in [0.2, 0.25) is 0 Å². The minimum Gasteiger partial charge on any atom is -0.337 e. The summed E-state index contributed by atoms with van der Waals surface area (Å²) in [5, 5.41) is 2.60. The average Bonchev–Trinajstić information content (AvgIpc) is 2.27. The molecule has 1 fully saturated rings. The molecule has 4 rings (SSSR count). The van der Waals surface area contributed by atoms with Gasteiger partial charge in [-0.3, -0.25) is 0 Å². The molecule has 1 aliphatic carbocycles. The van der Waals surface area contributed by atoms with Crippen molar-refractivity contribution in [2.24, 2.45) is 5.41 Å². The van der Waals surface area contributed by atoms with E-state index in [2.05, 4.69) is 66.8 Å². The van der Waals surface area contributed by atoms with Crippen LogP contribution in [0.15, 0.2) is 34.8 Å². The summed E-state index contributed by atoms with van der Waals surface area (Å²) >= 11 is 3.79. The number of piperidine rings is 1. The van der Waals surface area contributed by atoms with Crippen molar-refractivity contribution in [1.82, 2.24) is 0 Å². The van der Waals surface area contributed by atoms with Crippen LogP contribution in [0.5, 0.6) is 0 Å². The average molecular weight is 321 g/mol. The van der Waals surface area contributed by atoms with Crippen LogP contribution in [-0.2, 0) is 0 Å². The van der Waals surface area contributed by atoms with E-state index in [1.165, 1.54) is 16.5 Å². The predicted octanol–water partition coefficient (Wildman–Crippen LogP) is 3.92. The van der Waals surface area contributed by atoms with Crippen LogP contribution >= 0.6 is 15.9 Å². The Bertz CT molecular complexity index is 532. The Labute approximate surface area is 124 Å². The zero-order chi connectivity index (χ0) is 13.8. The van der Waals surface area contributed by atoms with Crippen LogP contribution in [0.1, 0.15) is 56.7 Å². The Morgan fingerprint density at radius 3 is 2.89 bits per heavy atom. The number of fused-ring (bicyclic) bond motifs is 2. The van der Waals surface area contributed by atoms with E-state index in [0.29, 0.717) is 23.4 Å². The van der Waals surface area contributed by atoms with Gasteiger partial charge in [0, 0.05) is 28.8 Å². The summed E-state index contributed by atoms with van der Waals surface area (Å²) in [6, 6.07) is 7.97. The molecular weight excluding hydrogens is 298 g/mol. The van der Waals surface area contributed by atoms with Gasteiger partial charge in [-0.15, -0.1) is 0 Å². The van der Waals surface area contributed by atoms with Gasteiger partial charge in [-0.25, -0.2) is 0 Å². The summed E-state index contributed by atoms with van der Waals surface area (Å²) in [5.74, 6) is 0.625. The molecule has 0 amide bonds. The lowest BCUT2D eigenvalue weighted by Crippen LogP contribution is -2.96. The minimum absolute atomic E-state index is 0.385. The van der Waals surface area contributed by atoms with Crippen molar-refractivity contribution in [2.75, 3.05) is 0 Å². The van der Waals surface area contributed by atoms with Crippen molar-refractivity contribution in [3.05, 3.63) is 46.0 Å². The number of benzene rings is 1. The first-order valence-electron chi connectivity index (χ1n) is 7.18. The molecule has 0 radical (unpaired) electrons. The third-order valence-corrected chi connectivity index (χ3v) is 5.57. The first kappa shape index (κ1) is 13.4. The van der Waals surface area contributed by atoms with E-state index in [9.17, 15) is 0 Å². The van der Waals surface area contributed by atoms with Crippen molar-refractivity contribution in [3.8, 4) is 0 Å². The lowest BCUT2D eigenvalue weighted by molar-refractivity contribution is -0.749. The lowest BCUT2D eigenvalue weighted by atomic mass is 9.58. The molecule has 2 heterocycles. The van der Waals surface area contributed by atoms with Gasteiger partial charge in [-0.1, -0.05) is 54.1 Å². The van der Waals surface area contributed by atoms with Crippen molar-refractivity contribution >= 4 is 15.9 Å². The van der Waals surface area contributed by atoms with Gasteiger partial charge in [0.15, 0.2) is 0 Å². The van der Waals surface area contributed by atoms with Crippen LogP contribution < -0.4 is 5.32 Å². The fourth-order valence-electron chi connectivity index (χ4n) is 4.36. The van der Waals surface area contributed by atoms with Crippen LogP contribution in [0, 0.1) is 5.41 Å². The molecule has 102 valence electrons. The molecule has 1 saturated heterocycles. The Hall–Kier alpha value is -0.600. The molecule has 0 unspecified atom stereocenters. The van der Waals surface area contributed by atoms with Crippen molar-refractivity contribution in [2.45, 2.75) is 51.6 Å². The molecular formula is C17H23BrN+. The summed E-state index contributed by atoms with van der Waals surface area (Å²) in [4.78, 5) is 0. The van der Waals surface area contributed by atoms with E-state index in [4.69, 9.17) is 0 Å². The molecule has 1 nitrogen and oxygen atoms in total. The van der Waals surface area contributed by atoms with Crippen LogP contribution in [0.2, 0.25) is 0 Å². The van der Waals surface area contributed by atoms with E-state index in [0.717, 1.165) is 6.42 Å². The maximum Gasteiger partial charge on any atom is 0.113 e. The number of halogens is 1. The highest BCUT2D eigenvalue weighted by Gasteiger charge is 2.53. The number of quaternary nitrogens is 1. The number of hydrogen-bond donors (Lipinski definition) is 1. The molecule has 2 N–H and O–H groups in total. The quantitative estimate of drug-likeness (QED) is 0.795. The highest BCUT2D eigenvalue weighted by molar-refractivity contribution is 9.10. The van der Waals surface area contributed by atoms with Crippen molar-refractivity contribution < 1.29 is 5.32 Å². The normalized spacial score (nSPS) is 31.1. The Morgan fingerprint density at radius 2 is 2.21 bits per heavy atom. The molecule has 19 heavy (non-hydrogen) atoms. The second-order valence-corrected chi connectivity index (χ2v) is 7.89. The Balaban J connectivity index is 2.11. The van der Waals surface area contributed by atoms with Gasteiger partial charge in [0.05, 0.1) is 6.04 Å². The maximum atomic E-state index is 4.13. The largest absolute Gasteiger partial charge is 0.337 e. The summed E-state index contributed by atoms with van der Waals surface area (Å²) in [6.45, 7) is 11.2. The van der Waals surface area contributed by atoms with Gasteiger partial charge in [-0.2, -0.15) is 0 Å². The molecule has 1 aromatic carbocycles. The predicted molar refractivity (Wildman–Crippen MR) is 83.2 cm³/mol. The van der Waals surface area contributed by atoms with Crippen LogP contribution in [-0.4, -0.2) is 6.04 Å². The van der Waals surface area contributed by atoms with Crippen LogP contribution in [0.3, 0.4) is 0 Å². The highest BCUT2D eigenvalue weighted by atomic mass is 79.9. The van der Waals surface area contributed by atoms with E-state index < -0.39 is 0 Å². The van der Waals surface area contributed by atoms with Gasteiger partial charge in [-0.05, 0) is 24.0 Å². The van der Waals surface area contributed by atoms with Crippen molar-refractivity contribution in [1.29, 1.82) is 0 Å². The van der Waals surface area contributed by atoms with E-state index in [-0.39, 0.29) is 0 Å². The maximum absolute atomic E-state index is 4.13. The first-order chi connectivity index (χ1) is 8.90. The fraction of sp³-hybridized carbons (Fsp3) is 0.529. The SMILES string of the molecule is C=C(C)C[C@H]1[NH2+][C@H]2CC(C)(C)[C@H]1c1c(Br)cccc12. The smallest absolute Gasteiger partial charge is 0.113 e. The molecule has 0 saturated carbocycles. The van der Waals surface area contributed by atoms with E-state index in [1.54, 1.807) is 11.1 Å². The summed E-state index contributed by atoms with van der Waals surface area (Å²) in [7, 11) is 0. The third kappa shape index (κ3) is 2.09. The summed E-state index contributed by atoms with van der Waals surface area (Å²) in [6.07, 6.45) is 2.42. The molecule has 2 heteroatoms. The third-order valence-electron chi connectivity index (χ3n) is 4.88. The molecule has 3 aliphatic rings. The van der Waals surface area contributed by atoms with Crippen molar-refractivity contribution in [3.63, 3.8) is 0 Å². The topological polar surface area (TPSA) is 16.6 Å². The Morgan fingerprint density at radius 1 is 1.47 bits per heavy atom. The molecule has 1 aromatic rings. The van der Waals surface area contributed by atoms with Crippen LogP contribution in [0.4, 0.5) is 0 Å². The zero-order valence-electron chi connectivity index (χ0n) is 12.0. The van der Waals surface area contributed by atoms with Gasteiger partial charge in [0.25, 0.3) is 0 Å². The number of nitrogens with two attached hydrogens (primary N) is 1. The monoisotopic (exact) mass is 320 g/mol. The lowest BCUT2D eigenvalue weighted by Gasteiger charge is -2.51. The van der Waals surface area contributed by atoms with Crippen LogP contribution in [0.25, 0.3) is 0 Å². The highest BCUT2D eigenvalue weighted by Crippen LogP contribution is 2.54. The van der Waals surface area contributed by atoms with Gasteiger partial charge < -0.3 is 5.32 Å². The molecule has 0 aromatic heterocycles. The second-order valence-electron chi connectivity index (χ2n) is 7.04. The number of hydrogen-bond acceptors (Lipinski definition) is 0. The van der Waals surface area contributed by atoms with Gasteiger partial charge in [0.1, 0.15) is 6.04 Å². The molecule has 3 atom stereocenters. The van der Waals surface area contributed by atoms with E-state index >= 15 is 0 Å². The summed E-state index contributed by atoms with van der Waals surface area (Å²) in [5.41, 5.74) is 4.81. The second kappa shape index (κ2) is 4.46. The standard InChI is InChI=1S/C17H22BrN/c1-10(2)8-13-16-15-11(6-5-7-12(15)18)14(19-13)9-17(16,3)4/h5-7,13-14,16,19H,1,8-9H2,2-4H3/p+1/t13-,14+,16-/m1/s1. The Kier molecular flexibility index (Phi) is 3.14. The first-order valence-corrected chi connectivity index (χ1v) is 7.97. The molecule has 2 bridgehead atoms. The zero-order valence-corrected chi connectivity index (χ0v) is 13.6. The van der Waals surface area contributed by atoms with Gasteiger partial charge >= 0.3 is 0 Å². The minimum atomic E-state index is 0.385. The summed E-state index contributed by atoms with van der Waals surface area (Å²) < 4.78 is 1.30. The fourth-order valence-corrected chi connectivity index (χ4v) is 4.99. The molecule has 2 aliphatic heterocycles. The number of rotatable bonds is 2.